The first-order valence-corrected chi connectivity index (χ1v) is 12.1. The predicted molar refractivity (Wildman–Crippen MR) is 138 cm³/mol. The molecule has 2 rings (SSSR count). The van der Waals surface area contributed by atoms with Crippen LogP contribution in [0.2, 0.25) is 20.1 Å². The fourth-order valence-corrected chi connectivity index (χ4v) is 3.94. The molecule has 0 fully saturated rings. The van der Waals surface area contributed by atoms with Crippen LogP contribution in [-0.2, 0) is 67.0 Å². The largest absolute Gasteiger partial charge is 0.780 e. The molecule has 0 aliphatic rings. The second kappa shape index (κ2) is 16.5. The van der Waals surface area contributed by atoms with Crippen LogP contribution in [0.3, 0.4) is 0 Å². The summed E-state index contributed by atoms with van der Waals surface area (Å²) in [5, 5.41) is 1.96. The molecule has 30 heavy (non-hydrogen) atoms. The third-order valence-electron chi connectivity index (χ3n) is 4.72. The Bertz CT molecular complexity index is 663. The van der Waals surface area contributed by atoms with Gasteiger partial charge < -0.3 is 55.0 Å². The van der Waals surface area contributed by atoms with Gasteiger partial charge in [0.05, 0.1) is 26.2 Å². The van der Waals surface area contributed by atoms with Crippen molar-refractivity contribution in [2.75, 3.05) is 26.2 Å². The average molecular weight is 607 g/mol. The van der Waals surface area contributed by atoms with E-state index in [9.17, 15) is 0 Å². The molecule has 10 heteroatoms. The topological polar surface area (TPSA) is 0 Å². The SMILES string of the molecule is CC[N+](CC)(CC)CC.[Ni].[S-]c1c(Cl)ccc(Cl)c1[S-].[S-]c1c(Cl)ccc(Cl)c1[S-]. The van der Waals surface area contributed by atoms with Crippen molar-refractivity contribution in [3.05, 3.63) is 44.4 Å². The quantitative estimate of drug-likeness (QED) is 0.201. The number of nitrogens with zero attached hydrogens (tertiary/aromatic N) is 1. The summed E-state index contributed by atoms with van der Waals surface area (Å²) in [7, 11) is 0. The Labute approximate surface area is 233 Å². The number of quaternary nitrogens is 1. The molecule has 2 aromatic carbocycles. The summed E-state index contributed by atoms with van der Waals surface area (Å²) in [6.07, 6.45) is 0. The molecule has 2 aromatic rings. The summed E-state index contributed by atoms with van der Waals surface area (Å²) < 4.78 is 1.28. The van der Waals surface area contributed by atoms with Gasteiger partial charge in [0.15, 0.2) is 0 Å². The second-order valence-corrected chi connectivity index (χ2v) is 9.24. The van der Waals surface area contributed by atoms with Gasteiger partial charge in [-0.3, -0.25) is 0 Å². The molecule has 0 radical (unpaired) electrons. The van der Waals surface area contributed by atoms with E-state index < -0.39 is 0 Å². The Morgan fingerprint density at radius 1 is 0.533 bits per heavy atom. The van der Waals surface area contributed by atoms with Crippen LogP contribution in [0.15, 0.2) is 43.8 Å². The Kier molecular flexibility index (Phi) is 18.2. The van der Waals surface area contributed by atoms with E-state index >= 15 is 0 Å². The molecule has 0 aliphatic heterocycles. The molecule has 0 atom stereocenters. The van der Waals surface area contributed by atoms with Gasteiger partial charge in [-0.25, -0.2) is 0 Å². The fraction of sp³-hybridized carbons (Fsp3) is 0.400. The van der Waals surface area contributed by atoms with E-state index in [1.165, 1.54) is 30.7 Å². The van der Waals surface area contributed by atoms with Gasteiger partial charge >= 0.3 is 0 Å². The number of halogens is 4. The zero-order valence-electron chi connectivity index (χ0n) is 17.0. The minimum absolute atomic E-state index is 0. The average Bonchev–Trinajstić information content (AvgIpc) is 2.74. The Hall–Kier alpha value is 0.934. The zero-order chi connectivity index (χ0) is 22.8. The van der Waals surface area contributed by atoms with Crippen molar-refractivity contribution in [2.24, 2.45) is 0 Å². The molecule has 0 saturated heterocycles. The normalized spacial score (nSPS) is 10.1. The van der Waals surface area contributed by atoms with Gasteiger partial charge in [0.1, 0.15) is 0 Å². The van der Waals surface area contributed by atoms with Crippen molar-refractivity contribution >= 4 is 96.9 Å². The van der Waals surface area contributed by atoms with Crippen LogP contribution in [0.4, 0.5) is 0 Å². The predicted octanol–water partition coefficient (Wildman–Crippen LogP) is 7.49. The molecule has 0 aromatic heterocycles. The van der Waals surface area contributed by atoms with Gasteiger partial charge in [-0.1, -0.05) is 46.4 Å². The molecule has 0 aliphatic carbocycles. The third-order valence-corrected chi connectivity index (χ3v) is 8.38. The second-order valence-electron chi connectivity index (χ2n) is 5.98. The minimum atomic E-state index is 0. The van der Waals surface area contributed by atoms with Crippen molar-refractivity contribution in [2.45, 2.75) is 47.3 Å². The summed E-state index contributed by atoms with van der Waals surface area (Å²) in [5.41, 5.74) is 0. The van der Waals surface area contributed by atoms with E-state index in [2.05, 4.69) is 27.7 Å². The maximum atomic E-state index is 5.66. The molecule has 0 spiro atoms. The number of benzene rings is 2. The van der Waals surface area contributed by atoms with Gasteiger partial charge in [0.2, 0.25) is 0 Å². The first-order valence-electron chi connectivity index (χ1n) is 8.99. The zero-order valence-corrected chi connectivity index (χ0v) is 24.3. The van der Waals surface area contributed by atoms with Crippen LogP contribution < -0.4 is 0 Å². The summed E-state index contributed by atoms with van der Waals surface area (Å²) in [6, 6.07) is 6.56. The standard InChI is InChI=1S/C8H20N.2C6H4Cl2S2.Ni/c1-5-9(6-2,7-3)8-4;2*7-3-1-2-4(8)6(10)5(3)9;/h5-8H2,1-4H3;2*1-2,9-10H;/q+1;;;/p-4. The van der Waals surface area contributed by atoms with E-state index in [1.54, 1.807) is 24.3 Å². The summed E-state index contributed by atoms with van der Waals surface area (Å²) >= 11 is 42.1. The van der Waals surface area contributed by atoms with Gasteiger partial charge in [0, 0.05) is 36.6 Å². The molecule has 0 bridgehead atoms. The van der Waals surface area contributed by atoms with E-state index in [4.69, 9.17) is 96.9 Å². The van der Waals surface area contributed by atoms with Gasteiger partial charge in [-0.05, 0) is 52.0 Å². The van der Waals surface area contributed by atoms with Crippen molar-refractivity contribution in [3.63, 3.8) is 0 Å². The van der Waals surface area contributed by atoms with Crippen molar-refractivity contribution < 1.29 is 21.0 Å². The fourth-order valence-electron chi connectivity index (χ4n) is 2.37. The minimum Gasteiger partial charge on any atom is -0.780 e. The molecule has 174 valence electrons. The molecule has 0 N–H and O–H groups in total. The van der Waals surface area contributed by atoms with Gasteiger partial charge in [0.25, 0.3) is 0 Å². The van der Waals surface area contributed by atoms with Crippen LogP contribution >= 0.6 is 46.4 Å². The molecule has 0 unspecified atom stereocenters. The molecular formula is C20H24Cl4NNiS4-3. The summed E-state index contributed by atoms with van der Waals surface area (Å²) in [6.45, 7) is 14.2. The van der Waals surface area contributed by atoms with Crippen molar-refractivity contribution in [3.8, 4) is 0 Å². The maximum absolute atomic E-state index is 5.66. The Morgan fingerprint density at radius 2 is 0.700 bits per heavy atom. The number of rotatable bonds is 4. The molecule has 0 saturated carbocycles. The van der Waals surface area contributed by atoms with Gasteiger partial charge in [-0.2, -0.15) is 19.6 Å². The molecule has 0 heterocycles. The van der Waals surface area contributed by atoms with E-state index in [0.717, 1.165) is 0 Å². The van der Waals surface area contributed by atoms with Crippen LogP contribution in [0.25, 0.3) is 0 Å². The summed E-state index contributed by atoms with van der Waals surface area (Å²) in [5.74, 6) is 0. The Balaban J connectivity index is 0. The smallest absolute Gasteiger partial charge is 0.0757 e. The first kappa shape index (κ1) is 33.1. The maximum Gasteiger partial charge on any atom is 0.0757 e. The Morgan fingerprint density at radius 3 is 0.800 bits per heavy atom. The van der Waals surface area contributed by atoms with Crippen molar-refractivity contribution in [1.82, 2.24) is 0 Å². The molecule has 1 nitrogen and oxygen atoms in total. The molecule has 0 amide bonds. The van der Waals surface area contributed by atoms with E-state index in [1.807, 2.05) is 0 Å². The van der Waals surface area contributed by atoms with E-state index in [-0.39, 0.29) is 16.5 Å². The first-order chi connectivity index (χ1) is 13.5. The monoisotopic (exact) mass is 604 g/mol. The van der Waals surface area contributed by atoms with E-state index in [0.29, 0.717) is 39.7 Å². The van der Waals surface area contributed by atoms with Crippen LogP contribution in [0, 0.1) is 0 Å². The number of hydrogen-bond acceptors (Lipinski definition) is 4. The van der Waals surface area contributed by atoms with Gasteiger partial charge in [-0.15, -0.1) is 0 Å². The van der Waals surface area contributed by atoms with Crippen LogP contribution in [-0.4, -0.2) is 30.7 Å². The molecular weight excluding hydrogens is 583 g/mol. The third kappa shape index (κ3) is 10.2. The van der Waals surface area contributed by atoms with Crippen molar-refractivity contribution in [1.29, 1.82) is 0 Å². The number of hydrogen-bond donors (Lipinski definition) is 0. The van der Waals surface area contributed by atoms with Crippen LogP contribution in [0.1, 0.15) is 27.7 Å². The van der Waals surface area contributed by atoms with Crippen LogP contribution in [0.5, 0.6) is 0 Å². The summed E-state index contributed by atoms with van der Waals surface area (Å²) in [4.78, 5) is 1.85.